The normalized spacial score (nSPS) is 10.5. The number of nitriles is 1. The van der Waals surface area contributed by atoms with Crippen molar-refractivity contribution in [2.24, 2.45) is 0 Å². The summed E-state index contributed by atoms with van der Waals surface area (Å²) in [7, 11) is 0. The lowest BCUT2D eigenvalue weighted by Crippen LogP contribution is -2.05. The maximum atomic E-state index is 12.1. The Balaban J connectivity index is 2.66. The highest BCUT2D eigenvalue weighted by molar-refractivity contribution is 6.05. The van der Waals surface area contributed by atoms with Crippen molar-refractivity contribution in [3.8, 4) is 6.07 Å². The molecule has 1 heterocycles. The van der Waals surface area contributed by atoms with E-state index in [2.05, 4.69) is 0 Å². The van der Waals surface area contributed by atoms with Crippen molar-refractivity contribution in [3.63, 3.8) is 0 Å². The number of nitrogens with zero attached hydrogens (tertiary/aromatic N) is 1. The molecule has 0 radical (unpaired) electrons. The molecule has 0 saturated carbocycles. The second kappa shape index (κ2) is 3.46. The van der Waals surface area contributed by atoms with Gasteiger partial charge in [0, 0.05) is 0 Å². The van der Waals surface area contributed by atoms with E-state index in [0.717, 1.165) is 10.8 Å². The highest BCUT2D eigenvalue weighted by atomic mass is 16.3. The van der Waals surface area contributed by atoms with Gasteiger partial charge in [0.25, 0.3) is 0 Å². The topological polar surface area (TPSA) is 54.0 Å². The smallest absolute Gasteiger partial charge is 0.211 e. The van der Waals surface area contributed by atoms with Gasteiger partial charge < -0.3 is 4.42 Å². The molecular weight excluding hydrogens is 214 g/mol. The van der Waals surface area contributed by atoms with E-state index in [9.17, 15) is 4.79 Å². The number of fused-ring (bicyclic) bond motifs is 3. The van der Waals surface area contributed by atoms with Crippen LogP contribution >= 0.6 is 0 Å². The first-order valence-electron chi connectivity index (χ1n) is 5.14. The van der Waals surface area contributed by atoms with E-state index in [1.54, 1.807) is 6.07 Å². The predicted octanol–water partition coefficient (Wildman–Crippen LogP) is 2.82. The molecule has 80 valence electrons. The minimum absolute atomic E-state index is 0.0360. The average Bonchev–Trinajstić information content (AvgIpc) is 2.38. The average molecular weight is 221 g/mol. The van der Waals surface area contributed by atoms with E-state index in [0.29, 0.717) is 11.0 Å². The molecule has 2 aromatic carbocycles. The number of benzene rings is 2. The van der Waals surface area contributed by atoms with Gasteiger partial charge in [-0.1, -0.05) is 30.3 Å². The predicted molar refractivity (Wildman–Crippen MR) is 64.7 cm³/mol. The number of rotatable bonds is 0. The SMILES string of the molecule is N#Cc1coc2ccc3ccccc3c2c1=O. The summed E-state index contributed by atoms with van der Waals surface area (Å²) in [4.78, 5) is 12.1. The zero-order valence-corrected chi connectivity index (χ0v) is 8.81. The van der Waals surface area contributed by atoms with Crippen LogP contribution in [0, 0.1) is 11.3 Å². The van der Waals surface area contributed by atoms with Gasteiger partial charge in [0.05, 0.1) is 5.39 Å². The zero-order chi connectivity index (χ0) is 11.8. The quantitative estimate of drug-likeness (QED) is 0.548. The molecule has 0 saturated heterocycles. The van der Waals surface area contributed by atoms with Gasteiger partial charge in [-0.3, -0.25) is 4.79 Å². The summed E-state index contributed by atoms with van der Waals surface area (Å²) in [6, 6.07) is 13.0. The Morgan fingerprint density at radius 1 is 1.12 bits per heavy atom. The van der Waals surface area contributed by atoms with Crippen LogP contribution in [0.15, 0.2) is 51.9 Å². The lowest BCUT2D eigenvalue weighted by molar-refractivity contribution is 0.601. The molecule has 0 unspecified atom stereocenters. The molecule has 0 aliphatic heterocycles. The van der Waals surface area contributed by atoms with Gasteiger partial charge in [0.15, 0.2) is 0 Å². The minimum Gasteiger partial charge on any atom is -0.463 e. The summed E-state index contributed by atoms with van der Waals surface area (Å²) < 4.78 is 5.30. The van der Waals surface area contributed by atoms with Crippen molar-refractivity contribution < 1.29 is 4.42 Å². The third-order valence-corrected chi connectivity index (χ3v) is 2.79. The lowest BCUT2D eigenvalue weighted by Gasteiger charge is -2.01. The molecule has 0 amide bonds. The summed E-state index contributed by atoms with van der Waals surface area (Å²) >= 11 is 0. The Hall–Kier alpha value is -2.60. The number of hydrogen-bond donors (Lipinski definition) is 0. The van der Waals surface area contributed by atoms with Gasteiger partial charge in [-0.05, 0) is 16.8 Å². The highest BCUT2D eigenvalue weighted by Crippen LogP contribution is 2.22. The van der Waals surface area contributed by atoms with Crippen molar-refractivity contribution in [1.82, 2.24) is 0 Å². The van der Waals surface area contributed by atoms with Crippen molar-refractivity contribution in [1.29, 1.82) is 5.26 Å². The van der Waals surface area contributed by atoms with E-state index in [4.69, 9.17) is 9.68 Å². The van der Waals surface area contributed by atoms with Crippen molar-refractivity contribution in [2.75, 3.05) is 0 Å². The largest absolute Gasteiger partial charge is 0.463 e. The van der Waals surface area contributed by atoms with Crippen molar-refractivity contribution >= 4 is 21.7 Å². The fourth-order valence-corrected chi connectivity index (χ4v) is 1.97. The number of hydrogen-bond acceptors (Lipinski definition) is 3. The molecule has 17 heavy (non-hydrogen) atoms. The summed E-state index contributed by atoms with van der Waals surface area (Å²) in [5.41, 5.74) is 0.270. The van der Waals surface area contributed by atoms with E-state index in [1.807, 2.05) is 36.4 Å². The van der Waals surface area contributed by atoms with Crippen molar-refractivity contribution in [2.45, 2.75) is 0 Å². The van der Waals surface area contributed by atoms with Crippen LogP contribution < -0.4 is 5.43 Å². The van der Waals surface area contributed by atoms with E-state index < -0.39 is 0 Å². The third kappa shape index (κ3) is 1.31. The molecule has 0 aliphatic carbocycles. The molecule has 3 heteroatoms. The standard InChI is InChI=1S/C14H7NO2/c15-7-10-8-17-12-6-5-9-3-1-2-4-11(9)13(12)14(10)16/h1-6,8H. The highest BCUT2D eigenvalue weighted by Gasteiger charge is 2.09. The first-order chi connectivity index (χ1) is 8.31. The summed E-state index contributed by atoms with van der Waals surface area (Å²) in [6.45, 7) is 0. The first kappa shape index (κ1) is 9.61. The molecule has 1 aromatic heterocycles. The molecule has 3 rings (SSSR count). The second-order valence-corrected chi connectivity index (χ2v) is 3.75. The minimum atomic E-state index is -0.273. The molecule has 0 fully saturated rings. The fraction of sp³-hybridized carbons (Fsp3) is 0. The van der Waals surface area contributed by atoms with Crippen molar-refractivity contribution in [3.05, 3.63) is 58.4 Å². The molecule has 3 aromatic rings. The molecular formula is C14H7NO2. The van der Waals surface area contributed by atoms with Crippen LogP contribution in [-0.4, -0.2) is 0 Å². The van der Waals surface area contributed by atoms with Crippen LogP contribution in [0.1, 0.15) is 5.56 Å². The van der Waals surface area contributed by atoms with Gasteiger partial charge in [-0.25, -0.2) is 0 Å². The Morgan fingerprint density at radius 3 is 2.76 bits per heavy atom. The van der Waals surface area contributed by atoms with Crippen LogP contribution in [0.25, 0.3) is 21.7 Å². The Bertz CT molecular complexity index is 825. The van der Waals surface area contributed by atoms with Crippen LogP contribution in [0.4, 0.5) is 0 Å². The van der Waals surface area contributed by atoms with E-state index >= 15 is 0 Å². The van der Waals surface area contributed by atoms with Gasteiger partial charge >= 0.3 is 0 Å². The van der Waals surface area contributed by atoms with Crippen LogP contribution in [-0.2, 0) is 0 Å². The Labute approximate surface area is 96.5 Å². The zero-order valence-electron chi connectivity index (χ0n) is 8.81. The summed E-state index contributed by atoms with van der Waals surface area (Å²) in [5, 5.41) is 11.1. The third-order valence-electron chi connectivity index (χ3n) is 2.79. The van der Waals surface area contributed by atoms with E-state index in [1.165, 1.54) is 6.26 Å². The van der Waals surface area contributed by atoms with Gasteiger partial charge in [-0.15, -0.1) is 0 Å². The molecule has 0 atom stereocenters. The van der Waals surface area contributed by atoms with Gasteiger partial charge in [0.2, 0.25) is 5.43 Å². The maximum absolute atomic E-state index is 12.1. The Kier molecular flexibility index (Phi) is 1.96. The van der Waals surface area contributed by atoms with E-state index in [-0.39, 0.29) is 11.0 Å². The molecule has 0 N–H and O–H groups in total. The monoisotopic (exact) mass is 221 g/mol. The Morgan fingerprint density at radius 2 is 1.94 bits per heavy atom. The van der Waals surface area contributed by atoms with Crippen LogP contribution in [0.5, 0.6) is 0 Å². The molecule has 0 bridgehead atoms. The molecule has 0 spiro atoms. The van der Waals surface area contributed by atoms with Crippen LogP contribution in [0.2, 0.25) is 0 Å². The summed E-state index contributed by atoms with van der Waals surface area (Å²) in [5.74, 6) is 0. The van der Waals surface area contributed by atoms with Gasteiger partial charge in [-0.2, -0.15) is 5.26 Å². The molecule has 3 nitrogen and oxygen atoms in total. The summed E-state index contributed by atoms with van der Waals surface area (Å²) in [6.07, 6.45) is 1.21. The van der Waals surface area contributed by atoms with Gasteiger partial charge in [0.1, 0.15) is 23.5 Å². The second-order valence-electron chi connectivity index (χ2n) is 3.75. The van der Waals surface area contributed by atoms with Crippen LogP contribution in [0.3, 0.4) is 0 Å². The fourth-order valence-electron chi connectivity index (χ4n) is 1.97. The first-order valence-corrected chi connectivity index (χ1v) is 5.14. The lowest BCUT2D eigenvalue weighted by atomic mass is 10.0. The molecule has 0 aliphatic rings. The maximum Gasteiger partial charge on any atom is 0.211 e.